The van der Waals surface area contributed by atoms with Crippen molar-refractivity contribution in [1.29, 1.82) is 0 Å². The van der Waals surface area contributed by atoms with Crippen LogP contribution in [0.3, 0.4) is 0 Å². The smallest absolute Gasteiger partial charge is 0.240 e. The van der Waals surface area contributed by atoms with E-state index in [0.717, 1.165) is 38.8 Å². The molecule has 0 radical (unpaired) electrons. The van der Waals surface area contributed by atoms with Gasteiger partial charge in [-0.25, -0.2) is 0 Å². The Bertz CT molecular complexity index is 660. The lowest BCUT2D eigenvalue weighted by Crippen LogP contribution is -2.51. The Labute approximate surface area is 191 Å². The Morgan fingerprint density at radius 3 is 2.33 bits per heavy atom. The number of aromatic nitrogens is 2. The molecule has 1 aliphatic rings. The highest BCUT2D eigenvalue weighted by Crippen LogP contribution is 2.37. The fraction of sp³-hybridized carbons (Fsp3) is 0.789. The molecule has 0 bridgehead atoms. The molecule has 1 saturated carbocycles. The van der Waals surface area contributed by atoms with Crippen molar-refractivity contribution in [3.05, 3.63) is 11.7 Å². The topological polar surface area (TPSA) is 126 Å². The second-order valence-corrected chi connectivity index (χ2v) is 7.80. The first-order chi connectivity index (χ1) is 13.3. The molecule has 0 aromatic carbocycles. The number of nitrogens with zero attached hydrogens (tertiary/aromatic N) is 3. The Morgan fingerprint density at radius 2 is 1.80 bits per heavy atom. The number of halogens is 2. The number of rotatable bonds is 10. The molecule has 1 aromatic rings. The van der Waals surface area contributed by atoms with Gasteiger partial charge in [0.05, 0.1) is 19.1 Å². The summed E-state index contributed by atoms with van der Waals surface area (Å²) in [7, 11) is 0. The van der Waals surface area contributed by atoms with Gasteiger partial charge >= 0.3 is 0 Å². The molecule has 1 aromatic heterocycles. The highest BCUT2D eigenvalue weighted by Gasteiger charge is 2.41. The molecule has 30 heavy (non-hydrogen) atoms. The van der Waals surface area contributed by atoms with Gasteiger partial charge in [-0.15, -0.1) is 24.8 Å². The van der Waals surface area contributed by atoms with E-state index < -0.39 is 11.6 Å². The lowest BCUT2D eigenvalue weighted by Gasteiger charge is -2.27. The van der Waals surface area contributed by atoms with E-state index in [1.807, 2.05) is 13.8 Å². The quantitative estimate of drug-likeness (QED) is 0.479. The first-order valence-corrected chi connectivity index (χ1v) is 10.2. The Kier molecular flexibility index (Phi) is 12.5. The van der Waals surface area contributed by atoms with Crippen LogP contribution in [0.5, 0.6) is 0 Å². The molecule has 0 saturated heterocycles. The molecule has 0 unspecified atom stereocenters. The molecule has 0 spiro atoms. The number of carbonyl (C=O) groups excluding carboxylic acids is 2. The number of amides is 2. The third-order valence-corrected chi connectivity index (χ3v) is 5.43. The van der Waals surface area contributed by atoms with Gasteiger partial charge in [-0.1, -0.05) is 45.7 Å². The zero-order chi connectivity index (χ0) is 20.7. The monoisotopic (exact) mass is 466 g/mol. The number of nitrogens with two attached hydrogens (primary N) is 1. The van der Waals surface area contributed by atoms with Gasteiger partial charge in [-0.05, 0) is 31.8 Å². The highest BCUT2D eigenvalue weighted by molar-refractivity contribution is 5.87. The van der Waals surface area contributed by atoms with E-state index in [0.29, 0.717) is 18.3 Å². The van der Waals surface area contributed by atoms with Crippen LogP contribution in [0, 0.1) is 5.92 Å². The van der Waals surface area contributed by atoms with Crippen molar-refractivity contribution in [3.8, 4) is 0 Å². The van der Waals surface area contributed by atoms with E-state index in [1.54, 1.807) is 0 Å². The first-order valence-electron chi connectivity index (χ1n) is 10.2. The summed E-state index contributed by atoms with van der Waals surface area (Å²) in [6, 6.07) is -0.631. The number of hydrogen-bond donors (Lipinski definition) is 3. The minimum atomic E-state index is -0.632. The minimum Gasteiger partial charge on any atom is -0.346 e. The van der Waals surface area contributed by atoms with Crippen molar-refractivity contribution < 1.29 is 14.1 Å². The summed E-state index contributed by atoms with van der Waals surface area (Å²) in [5, 5.41) is 9.80. The molecule has 174 valence electrons. The normalized spacial score (nSPS) is 16.0. The maximum Gasteiger partial charge on any atom is 0.240 e. The zero-order valence-electron chi connectivity index (χ0n) is 18.3. The maximum absolute atomic E-state index is 12.5. The van der Waals surface area contributed by atoms with Gasteiger partial charge in [0.1, 0.15) is 5.54 Å². The van der Waals surface area contributed by atoms with Gasteiger partial charge in [0.15, 0.2) is 5.82 Å². The van der Waals surface area contributed by atoms with Crippen LogP contribution in [0.2, 0.25) is 0 Å². The van der Waals surface area contributed by atoms with E-state index >= 15 is 0 Å². The van der Waals surface area contributed by atoms with Gasteiger partial charge in [0.25, 0.3) is 0 Å². The predicted octanol–water partition coefficient (Wildman–Crippen LogP) is 1.74. The Balaban J connectivity index is 0.00000420. The van der Waals surface area contributed by atoms with Gasteiger partial charge in [0.2, 0.25) is 17.7 Å². The van der Waals surface area contributed by atoms with Gasteiger partial charge in [-0.3, -0.25) is 14.5 Å². The van der Waals surface area contributed by atoms with Crippen molar-refractivity contribution in [1.82, 2.24) is 25.7 Å². The molecular formula is C19H36Cl2N6O3. The van der Waals surface area contributed by atoms with Crippen LogP contribution >= 0.6 is 24.8 Å². The first kappa shape index (κ1) is 28.6. The van der Waals surface area contributed by atoms with Crippen LogP contribution in [-0.2, 0) is 21.7 Å². The van der Waals surface area contributed by atoms with Crippen molar-refractivity contribution in [2.24, 2.45) is 11.7 Å². The molecule has 1 heterocycles. The SMILES string of the molecule is CCN(CC)Cc1nc(C2(NC(=O)CNC(=O)[C@@H](N)C(C)C)CCCC2)no1.Cl.Cl. The lowest BCUT2D eigenvalue weighted by atomic mass is 9.96. The predicted molar refractivity (Wildman–Crippen MR) is 120 cm³/mol. The summed E-state index contributed by atoms with van der Waals surface area (Å²) >= 11 is 0. The third kappa shape index (κ3) is 7.37. The number of nitrogens with one attached hydrogen (secondary N) is 2. The summed E-state index contributed by atoms with van der Waals surface area (Å²) < 4.78 is 5.43. The maximum atomic E-state index is 12.5. The Morgan fingerprint density at radius 1 is 1.20 bits per heavy atom. The van der Waals surface area contributed by atoms with E-state index in [4.69, 9.17) is 10.3 Å². The number of hydrogen-bond acceptors (Lipinski definition) is 7. The summed E-state index contributed by atoms with van der Waals surface area (Å²) in [6.07, 6.45) is 3.46. The standard InChI is InChI=1S/C19H34N6O3.2ClH/c1-5-25(6-2)12-15-22-18(24-28-15)19(9-7-8-10-19)23-14(26)11-21-17(27)16(20)13(3)4;;/h13,16H,5-12,20H2,1-4H3,(H,21,27)(H,23,26);2*1H/t16-;;/m0../s1. The van der Waals surface area contributed by atoms with Crippen LogP contribution in [0.4, 0.5) is 0 Å². The van der Waals surface area contributed by atoms with E-state index in [1.165, 1.54) is 0 Å². The summed E-state index contributed by atoms with van der Waals surface area (Å²) in [5.41, 5.74) is 5.18. The molecule has 1 fully saturated rings. The molecule has 11 heteroatoms. The third-order valence-electron chi connectivity index (χ3n) is 5.43. The number of carbonyl (C=O) groups is 2. The fourth-order valence-electron chi connectivity index (χ4n) is 3.43. The summed E-state index contributed by atoms with van der Waals surface area (Å²) in [4.78, 5) is 31.2. The van der Waals surface area contributed by atoms with Crippen LogP contribution in [0.15, 0.2) is 4.52 Å². The van der Waals surface area contributed by atoms with Gasteiger partial charge in [0, 0.05) is 0 Å². The van der Waals surface area contributed by atoms with Crippen molar-refractivity contribution in [3.63, 3.8) is 0 Å². The van der Waals surface area contributed by atoms with Crippen LogP contribution in [0.25, 0.3) is 0 Å². The summed E-state index contributed by atoms with van der Waals surface area (Å²) in [5.74, 6) is 0.474. The van der Waals surface area contributed by atoms with Crippen molar-refractivity contribution >= 4 is 36.6 Å². The molecule has 0 aliphatic heterocycles. The molecule has 1 atom stereocenters. The molecule has 4 N–H and O–H groups in total. The van der Waals surface area contributed by atoms with Crippen molar-refractivity contribution in [2.75, 3.05) is 19.6 Å². The molecular weight excluding hydrogens is 431 g/mol. The molecule has 2 rings (SSSR count). The molecule has 9 nitrogen and oxygen atoms in total. The van der Waals surface area contributed by atoms with E-state index in [2.05, 4.69) is 39.5 Å². The molecule has 2 amide bonds. The van der Waals surface area contributed by atoms with Crippen LogP contribution < -0.4 is 16.4 Å². The lowest BCUT2D eigenvalue weighted by molar-refractivity contribution is -0.128. The Hall–Kier alpha value is -1.42. The summed E-state index contributed by atoms with van der Waals surface area (Å²) in [6.45, 7) is 10.2. The second kappa shape index (κ2) is 13.1. The van der Waals surface area contributed by atoms with E-state index in [9.17, 15) is 9.59 Å². The largest absolute Gasteiger partial charge is 0.346 e. The van der Waals surface area contributed by atoms with Crippen molar-refractivity contribution in [2.45, 2.75) is 71.5 Å². The minimum absolute atomic E-state index is 0. The van der Waals surface area contributed by atoms with E-state index in [-0.39, 0.29) is 49.1 Å². The van der Waals surface area contributed by atoms with Crippen LogP contribution in [-0.4, -0.2) is 52.5 Å². The van der Waals surface area contributed by atoms with Gasteiger partial charge < -0.3 is 20.9 Å². The second-order valence-electron chi connectivity index (χ2n) is 7.80. The van der Waals surface area contributed by atoms with Gasteiger partial charge in [-0.2, -0.15) is 4.98 Å². The fourth-order valence-corrected chi connectivity index (χ4v) is 3.43. The van der Waals surface area contributed by atoms with Crippen LogP contribution in [0.1, 0.15) is 65.1 Å². The average molecular weight is 467 g/mol. The highest BCUT2D eigenvalue weighted by atomic mass is 35.5. The molecule has 1 aliphatic carbocycles. The average Bonchev–Trinajstić information content (AvgIpc) is 3.33. The zero-order valence-corrected chi connectivity index (χ0v) is 19.9.